The van der Waals surface area contributed by atoms with E-state index in [4.69, 9.17) is 0 Å². The molecule has 0 fully saturated rings. The molecule has 0 aliphatic carbocycles. The maximum absolute atomic E-state index is 10.2. The molecule has 0 aromatic heterocycles. The van der Waals surface area contributed by atoms with Gasteiger partial charge in [-0.2, -0.15) is 0 Å². The van der Waals surface area contributed by atoms with Crippen molar-refractivity contribution < 1.29 is 18.9 Å². The molecule has 0 aromatic rings. The van der Waals surface area contributed by atoms with Gasteiger partial charge in [-0.1, -0.05) is 84.0 Å². The van der Waals surface area contributed by atoms with Gasteiger partial charge in [0.2, 0.25) is 0 Å². The molecule has 0 spiro atoms. The van der Waals surface area contributed by atoms with Crippen LogP contribution in [-0.2, 0) is 9.09 Å². The van der Waals surface area contributed by atoms with E-state index in [9.17, 15) is 14.4 Å². The molecule has 0 aliphatic heterocycles. The minimum absolute atomic E-state index is 0. The molecule has 0 aromatic carbocycles. The van der Waals surface area contributed by atoms with E-state index in [1.54, 1.807) is 0 Å². The fourth-order valence-corrected chi connectivity index (χ4v) is 2.65. The minimum Gasteiger partial charge on any atom is -0.790 e. The Morgan fingerprint density at radius 3 is 1.38 bits per heavy atom. The van der Waals surface area contributed by atoms with E-state index >= 15 is 0 Å². The van der Waals surface area contributed by atoms with Gasteiger partial charge in [0, 0.05) is 0 Å². The first kappa shape index (κ1) is 24.6. The number of unbranched alkanes of at least 4 members (excludes halogenated alkanes) is 12. The summed E-state index contributed by atoms with van der Waals surface area (Å²) in [5.74, 6) is 0. The van der Waals surface area contributed by atoms with Gasteiger partial charge in [-0.3, -0.25) is 0 Å². The van der Waals surface area contributed by atoms with Crippen molar-refractivity contribution in [3.8, 4) is 0 Å². The summed E-state index contributed by atoms with van der Waals surface area (Å²) in [6, 6.07) is 0. The number of phosphoric acid groups is 1. The maximum Gasteiger partial charge on any atom is 2.00 e. The van der Waals surface area contributed by atoms with Gasteiger partial charge >= 0.3 is 37.7 Å². The van der Waals surface area contributed by atoms with Gasteiger partial charge in [-0.15, -0.1) is 0 Å². The van der Waals surface area contributed by atoms with Crippen LogP contribution in [0.25, 0.3) is 0 Å². The Hall–Kier alpha value is 1.37. The first-order valence-electron chi connectivity index (χ1n) is 8.23. The van der Waals surface area contributed by atoms with Crippen LogP contribution in [0.4, 0.5) is 0 Å². The molecule has 0 radical (unpaired) electrons. The van der Waals surface area contributed by atoms with Crippen LogP contribution in [-0.4, -0.2) is 44.3 Å². The zero-order valence-electron chi connectivity index (χ0n) is 13.7. The minimum atomic E-state index is -4.75. The van der Waals surface area contributed by atoms with Gasteiger partial charge in [0.15, 0.2) is 0 Å². The molecule has 0 heterocycles. The van der Waals surface area contributed by atoms with E-state index in [1.165, 1.54) is 64.2 Å². The second-order valence-electron chi connectivity index (χ2n) is 5.52. The summed E-state index contributed by atoms with van der Waals surface area (Å²) in [6.45, 7) is 2.29. The fraction of sp³-hybridized carbons (Fsp3) is 1.00. The van der Waals surface area contributed by atoms with Gasteiger partial charge in [-0.25, -0.2) is 0 Å². The molecule has 122 valence electrons. The molecular weight excluding hydrogens is 315 g/mol. The zero-order chi connectivity index (χ0) is 15.1. The largest absolute Gasteiger partial charge is 2.00 e. The van der Waals surface area contributed by atoms with Crippen LogP contribution in [0.15, 0.2) is 0 Å². The van der Waals surface area contributed by atoms with E-state index in [2.05, 4.69) is 11.4 Å². The van der Waals surface area contributed by atoms with Gasteiger partial charge in [0.25, 0.3) is 0 Å². The SMILES string of the molecule is CCCCCCCCCCCCCCCOP(=O)([O-])[O-].[Ca+2]. The summed E-state index contributed by atoms with van der Waals surface area (Å²) in [7, 11) is -4.75. The Morgan fingerprint density at radius 1 is 0.714 bits per heavy atom. The topological polar surface area (TPSA) is 72.4 Å². The standard InChI is InChI=1S/C15H33O4P.Ca/c1-2-3-4-5-6-7-8-9-10-11-12-13-14-15-19-20(16,17)18;/h2-15H2,1H3,(H2,16,17,18);/q;+2/p-2. The van der Waals surface area contributed by atoms with Gasteiger partial charge in [-0.05, 0) is 6.42 Å². The summed E-state index contributed by atoms with van der Waals surface area (Å²) in [6.07, 6.45) is 16.0. The molecule has 0 atom stereocenters. The Bertz CT molecular complexity index is 246. The van der Waals surface area contributed by atoms with Crippen LogP contribution in [0, 0.1) is 0 Å². The molecule has 0 amide bonds. The van der Waals surface area contributed by atoms with Crippen molar-refractivity contribution in [2.24, 2.45) is 0 Å². The van der Waals surface area contributed by atoms with Crippen molar-refractivity contribution in [2.75, 3.05) is 6.61 Å². The number of hydrogen-bond acceptors (Lipinski definition) is 4. The quantitative estimate of drug-likeness (QED) is 0.258. The molecule has 21 heavy (non-hydrogen) atoms. The van der Waals surface area contributed by atoms with Gasteiger partial charge in [0.1, 0.15) is 0 Å². The fourth-order valence-electron chi connectivity index (χ4n) is 2.30. The predicted molar refractivity (Wildman–Crippen MR) is 85.0 cm³/mol. The van der Waals surface area contributed by atoms with E-state index in [0.29, 0.717) is 6.42 Å². The van der Waals surface area contributed by atoms with Gasteiger partial charge < -0.3 is 18.9 Å². The molecule has 0 aliphatic rings. The Kier molecular flexibility index (Phi) is 20.8. The third kappa shape index (κ3) is 23.8. The zero-order valence-corrected chi connectivity index (χ0v) is 16.8. The van der Waals surface area contributed by atoms with Crippen molar-refractivity contribution in [1.29, 1.82) is 0 Å². The summed E-state index contributed by atoms with van der Waals surface area (Å²) in [4.78, 5) is 20.4. The van der Waals surface area contributed by atoms with Crippen LogP contribution < -0.4 is 9.79 Å². The molecule has 0 unspecified atom stereocenters. The van der Waals surface area contributed by atoms with E-state index < -0.39 is 7.82 Å². The van der Waals surface area contributed by atoms with Crippen molar-refractivity contribution in [3.05, 3.63) is 0 Å². The third-order valence-corrected chi connectivity index (χ3v) is 4.00. The molecule has 4 nitrogen and oxygen atoms in total. The molecule has 0 saturated heterocycles. The van der Waals surface area contributed by atoms with E-state index in [1.807, 2.05) is 0 Å². The first-order valence-corrected chi connectivity index (χ1v) is 9.69. The molecule has 0 bridgehead atoms. The smallest absolute Gasteiger partial charge is 0.790 e. The second-order valence-corrected chi connectivity index (χ2v) is 6.68. The first-order chi connectivity index (χ1) is 9.56. The van der Waals surface area contributed by atoms with Gasteiger partial charge in [0.05, 0.1) is 14.4 Å². The number of hydrogen-bond donors (Lipinski definition) is 0. The molecule has 0 saturated carbocycles. The molecule has 6 heteroatoms. The van der Waals surface area contributed by atoms with Crippen LogP contribution in [0.5, 0.6) is 0 Å². The summed E-state index contributed by atoms with van der Waals surface area (Å²) < 4.78 is 14.4. The van der Waals surface area contributed by atoms with Crippen molar-refractivity contribution in [1.82, 2.24) is 0 Å². The Labute approximate surface area is 160 Å². The number of phosphoric ester groups is 1. The average Bonchev–Trinajstić information content (AvgIpc) is 2.38. The number of rotatable bonds is 15. The molecule has 0 rings (SSSR count). The second kappa shape index (κ2) is 17.7. The Balaban J connectivity index is 0. The van der Waals surface area contributed by atoms with Crippen LogP contribution in [0.3, 0.4) is 0 Å². The van der Waals surface area contributed by atoms with E-state index in [0.717, 1.165) is 12.8 Å². The maximum atomic E-state index is 10.2. The molecule has 0 N–H and O–H groups in total. The summed E-state index contributed by atoms with van der Waals surface area (Å²) in [5.41, 5.74) is 0. The predicted octanol–water partition coefficient (Wildman–Crippen LogP) is 3.54. The Morgan fingerprint density at radius 2 is 1.05 bits per heavy atom. The monoisotopic (exact) mass is 346 g/mol. The van der Waals surface area contributed by atoms with Crippen molar-refractivity contribution >= 4 is 45.6 Å². The van der Waals surface area contributed by atoms with Crippen LogP contribution in [0.2, 0.25) is 0 Å². The van der Waals surface area contributed by atoms with Crippen molar-refractivity contribution in [3.63, 3.8) is 0 Å². The normalized spacial score (nSPS) is 11.4. The molecular formula is C15H31CaO4P. The average molecular weight is 346 g/mol. The summed E-state index contributed by atoms with van der Waals surface area (Å²) >= 11 is 0. The third-order valence-electron chi connectivity index (χ3n) is 3.50. The van der Waals surface area contributed by atoms with Crippen LogP contribution in [0.1, 0.15) is 90.4 Å². The summed E-state index contributed by atoms with van der Waals surface area (Å²) in [5, 5.41) is 0. The van der Waals surface area contributed by atoms with Crippen LogP contribution >= 0.6 is 7.82 Å². The van der Waals surface area contributed by atoms with E-state index in [-0.39, 0.29) is 44.3 Å². The van der Waals surface area contributed by atoms with Crippen molar-refractivity contribution in [2.45, 2.75) is 90.4 Å².